The Morgan fingerprint density at radius 1 is 0.963 bits per heavy atom. The van der Waals surface area contributed by atoms with Gasteiger partial charge in [-0.15, -0.1) is 0 Å². The highest BCUT2D eigenvalue weighted by atomic mass is 35.5. The lowest BCUT2D eigenvalue weighted by molar-refractivity contribution is -0.125. The Hall–Kier alpha value is -2.47. The fourth-order valence-electron chi connectivity index (χ4n) is 2.96. The first kappa shape index (κ1) is 19.3. The molecule has 2 heterocycles. The Morgan fingerprint density at radius 2 is 1.56 bits per heavy atom. The van der Waals surface area contributed by atoms with E-state index in [1.165, 1.54) is 0 Å². The van der Waals surface area contributed by atoms with Crippen LogP contribution in [0.15, 0.2) is 67.3 Å². The number of hydrogen-bond donors (Lipinski definition) is 2. The zero-order valence-corrected chi connectivity index (χ0v) is 15.9. The van der Waals surface area contributed by atoms with E-state index in [0.717, 1.165) is 11.1 Å². The molecule has 0 saturated heterocycles. The summed E-state index contributed by atoms with van der Waals surface area (Å²) in [5.41, 5.74) is 7.13. The van der Waals surface area contributed by atoms with Gasteiger partial charge in [0.2, 0.25) is 5.91 Å². The van der Waals surface area contributed by atoms with Gasteiger partial charge in [0.05, 0.1) is 0 Å². The van der Waals surface area contributed by atoms with Crippen LogP contribution < -0.4 is 11.1 Å². The molecular weight excluding hydrogens is 383 g/mol. The molecule has 7 heteroatoms. The third-order valence-corrected chi connectivity index (χ3v) is 4.92. The van der Waals surface area contributed by atoms with E-state index >= 15 is 0 Å². The van der Waals surface area contributed by atoms with Crippen molar-refractivity contribution in [3.05, 3.63) is 94.0 Å². The van der Waals surface area contributed by atoms with Crippen LogP contribution in [-0.4, -0.2) is 15.9 Å². The van der Waals surface area contributed by atoms with Crippen molar-refractivity contribution in [3.63, 3.8) is 0 Å². The van der Waals surface area contributed by atoms with Crippen LogP contribution in [0, 0.1) is 0 Å². The molecule has 1 unspecified atom stereocenters. The highest BCUT2D eigenvalue weighted by molar-refractivity contribution is 6.35. The van der Waals surface area contributed by atoms with Gasteiger partial charge in [-0.2, -0.15) is 0 Å². The Bertz CT molecular complexity index is 922. The molecular formula is C20H18Cl2N4O. The molecule has 1 amide bonds. The van der Waals surface area contributed by atoms with E-state index < -0.39 is 11.4 Å². The normalized spacial score (nSPS) is 13.1. The van der Waals surface area contributed by atoms with E-state index in [-0.39, 0.29) is 0 Å². The number of hydrogen-bond acceptors (Lipinski definition) is 4. The first-order valence-corrected chi connectivity index (χ1v) is 9.05. The van der Waals surface area contributed by atoms with Crippen LogP contribution in [0.2, 0.25) is 10.0 Å². The first-order chi connectivity index (χ1) is 13.0. The van der Waals surface area contributed by atoms with Crippen LogP contribution in [0.4, 0.5) is 0 Å². The first-order valence-electron chi connectivity index (χ1n) is 8.29. The number of carbonyl (C=O) groups excluding carboxylic acids is 1. The van der Waals surface area contributed by atoms with E-state index in [9.17, 15) is 4.79 Å². The van der Waals surface area contributed by atoms with Gasteiger partial charge in [0, 0.05) is 53.4 Å². The molecule has 3 rings (SSSR count). The number of aromatic nitrogens is 2. The highest BCUT2D eigenvalue weighted by Crippen LogP contribution is 2.33. The molecule has 3 N–H and O–H groups in total. The summed E-state index contributed by atoms with van der Waals surface area (Å²) >= 11 is 12.5. The van der Waals surface area contributed by atoms with Gasteiger partial charge in [-0.1, -0.05) is 29.3 Å². The van der Waals surface area contributed by atoms with E-state index in [2.05, 4.69) is 15.3 Å². The van der Waals surface area contributed by atoms with Crippen LogP contribution >= 0.6 is 23.2 Å². The zero-order chi connectivity index (χ0) is 19.3. The average molecular weight is 401 g/mol. The Labute approximate surface area is 167 Å². The summed E-state index contributed by atoms with van der Waals surface area (Å²) < 4.78 is 0. The van der Waals surface area contributed by atoms with Gasteiger partial charge in [0.15, 0.2) is 0 Å². The van der Waals surface area contributed by atoms with Crippen molar-refractivity contribution >= 4 is 29.1 Å². The van der Waals surface area contributed by atoms with Gasteiger partial charge in [-0.05, 0) is 47.5 Å². The smallest absolute Gasteiger partial charge is 0.242 e. The fraction of sp³-hybridized carbons (Fsp3) is 0.150. The number of halogens is 2. The molecule has 1 aromatic carbocycles. The van der Waals surface area contributed by atoms with E-state index in [4.69, 9.17) is 28.9 Å². The molecule has 27 heavy (non-hydrogen) atoms. The summed E-state index contributed by atoms with van der Waals surface area (Å²) in [5.74, 6) is -0.530. The summed E-state index contributed by atoms with van der Waals surface area (Å²) in [4.78, 5) is 20.8. The number of benzene rings is 1. The molecule has 0 radical (unpaired) electrons. The van der Waals surface area contributed by atoms with Crippen LogP contribution in [0.25, 0.3) is 0 Å². The molecule has 5 nitrogen and oxygen atoms in total. The van der Waals surface area contributed by atoms with E-state index in [0.29, 0.717) is 28.6 Å². The topological polar surface area (TPSA) is 80.9 Å². The molecule has 1 atom stereocenters. The third-order valence-electron chi connectivity index (χ3n) is 4.37. The van der Waals surface area contributed by atoms with Gasteiger partial charge in [0.25, 0.3) is 0 Å². The Kier molecular flexibility index (Phi) is 6.06. The van der Waals surface area contributed by atoms with Crippen LogP contribution in [0.3, 0.4) is 0 Å². The van der Waals surface area contributed by atoms with Gasteiger partial charge in [-0.3, -0.25) is 20.1 Å². The molecule has 0 aliphatic heterocycles. The summed E-state index contributed by atoms with van der Waals surface area (Å²) in [7, 11) is 0. The molecule has 0 saturated carbocycles. The molecule has 0 aliphatic rings. The van der Waals surface area contributed by atoms with Crippen LogP contribution in [0.1, 0.15) is 16.7 Å². The van der Waals surface area contributed by atoms with Gasteiger partial charge >= 0.3 is 0 Å². The lowest BCUT2D eigenvalue weighted by Gasteiger charge is -2.33. The van der Waals surface area contributed by atoms with Crippen molar-refractivity contribution in [1.82, 2.24) is 15.3 Å². The van der Waals surface area contributed by atoms with Gasteiger partial charge in [-0.25, -0.2) is 0 Å². The fourth-order valence-corrected chi connectivity index (χ4v) is 3.53. The maximum Gasteiger partial charge on any atom is 0.242 e. The molecule has 0 spiro atoms. The predicted molar refractivity (Wildman–Crippen MR) is 106 cm³/mol. The highest BCUT2D eigenvalue weighted by Gasteiger charge is 2.40. The number of carbonyl (C=O) groups is 1. The SMILES string of the molecule is NC(=O)C(Cc1ccncc1)(NCc1ccncc1)c1ccc(Cl)cc1Cl. The zero-order valence-electron chi connectivity index (χ0n) is 14.4. The number of nitrogens with zero attached hydrogens (tertiary/aromatic N) is 2. The summed E-state index contributed by atoms with van der Waals surface area (Å²) in [6.07, 6.45) is 7.06. The van der Waals surface area contributed by atoms with Crippen molar-refractivity contribution in [2.75, 3.05) is 0 Å². The minimum Gasteiger partial charge on any atom is -0.368 e. The van der Waals surface area contributed by atoms with Crippen molar-refractivity contribution < 1.29 is 4.79 Å². The molecule has 0 aliphatic carbocycles. The number of primary amides is 1. The summed E-state index contributed by atoms with van der Waals surface area (Å²) in [6.45, 7) is 0.412. The molecule has 3 aromatic rings. The number of amides is 1. The molecule has 0 fully saturated rings. The predicted octanol–water partition coefficient (Wildman–Crippen LogP) is 3.50. The minimum atomic E-state index is -1.22. The second-order valence-electron chi connectivity index (χ2n) is 6.14. The maximum atomic E-state index is 12.7. The van der Waals surface area contributed by atoms with Crippen molar-refractivity contribution in [1.29, 1.82) is 0 Å². The Balaban J connectivity index is 2.05. The standard InChI is InChI=1S/C20H18Cl2N4O/c21-16-1-2-17(18(22)11-16)20(19(23)27,12-14-3-7-24-8-4-14)26-13-15-5-9-25-10-6-15/h1-11,26H,12-13H2,(H2,23,27). The quantitative estimate of drug-likeness (QED) is 0.635. The largest absolute Gasteiger partial charge is 0.368 e. The monoisotopic (exact) mass is 400 g/mol. The third kappa shape index (κ3) is 4.45. The number of pyridine rings is 2. The van der Waals surface area contributed by atoms with Crippen LogP contribution in [-0.2, 0) is 23.3 Å². The Morgan fingerprint density at radius 3 is 2.11 bits per heavy atom. The van der Waals surface area contributed by atoms with E-state index in [1.54, 1.807) is 43.0 Å². The summed E-state index contributed by atoms with van der Waals surface area (Å²) in [6, 6.07) is 12.5. The second kappa shape index (κ2) is 8.48. The number of rotatable bonds is 7. The summed E-state index contributed by atoms with van der Waals surface area (Å²) in [5, 5.41) is 4.18. The number of nitrogens with two attached hydrogens (primary N) is 1. The lowest BCUT2D eigenvalue weighted by atomic mass is 9.82. The maximum absolute atomic E-state index is 12.7. The van der Waals surface area contributed by atoms with Crippen molar-refractivity contribution in [3.8, 4) is 0 Å². The number of nitrogens with one attached hydrogen (secondary N) is 1. The molecule has 0 bridgehead atoms. The molecule has 138 valence electrons. The minimum absolute atomic E-state index is 0.317. The van der Waals surface area contributed by atoms with Gasteiger partial charge in [0.1, 0.15) is 5.54 Å². The van der Waals surface area contributed by atoms with E-state index in [1.807, 2.05) is 24.3 Å². The second-order valence-corrected chi connectivity index (χ2v) is 6.98. The average Bonchev–Trinajstić information content (AvgIpc) is 2.67. The van der Waals surface area contributed by atoms with Crippen molar-refractivity contribution in [2.45, 2.75) is 18.5 Å². The lowest BCUT2D eigenvalue weighted by Crippen LogP contribution is -2.54. The molecule has 2 aromatic heterocycles. The van der Waals surface area contributed by atoms with Crippen LogP contribution in [0.5, 0.6) is 0 Å². The van der Waals surface area contributed by atoms with Gasteiger partial charge < -0.3 is 5.73 Å². The van der Waals surface area contributed by atoms with Crippen molar-refractivity contribution in [2.24, 2.45) is 5.73 Å².